The van der Waals surface area contributed by atoms with E-state index >= 15 is 0 Å². The molecule has 0 saturated heterocycles. The van der Waals surface area contributed by atoms with Crippen LogP contribution in [0.2, 0.25) is 0 Å². The number of nitrogens with two attached hydrogens (primary N) is 1. The van der Waals surface area contributed by atoms with Crippen molar-refractivity contribution >= 4 is 17.6 Å². The molecule has 2 rings (SSSR count). The smallest absolute Gasteiger partial charge is 0.328 e. The molecule has 1 aromatic carbocycles. The second kappa shape index (κ2) is 7.47. The maximum atomic E-state index is 12.3. The SMILES string of the molecule is Cc1ccccc1C(CC(=O)Nc1cn(C)c(=O)[nH]c1=O)NC(N)=O. The summed E-state index contributed by atoms with van der Waals surface area (Å²) in [5, 5.41) is 4.96. The Morgan fingerprint density at radius 1 is 1.28 bits per heavy atom. The van der Waals surface area contributed by atoms with Gasteiger partial charge >= 0.3 is 11.7 Å². The first-order valence-corrected chi connectivity index (χ1v) is 7.49. The Kier molecular flexibility index (Phi) is 5.38. The minimum absolute atomic E-state index is 0.0605. The lowest BCUT2D eigenvalue weighted by molar-refractivity contribution is -0.116. The highest BCUT2D eigenvalue weighted by molar-refractivity contribution is 5.91. The molecule has 1 unspecified atom stereocenters. The van der Waals surface area contributed by atoms with Crippen LogP contribution in [0.3, 0.4) is 0 Å². The van der Waals surface area contributed by atoms with Gasteiger partial charge in [0.15, 0.2) is 0 Å². The van der Waals surface area contributed by atoms with E-state index in [9.17, 15) is 19.2 Å². The van der Waals surface area contributed by atoms with Crippen molar-refractivity contribution in [2.75, 3.05) is 5.32 Å². The van der Waals surface area contributed by atoms with Crippen molar-refractivity contribution in [3.05, 3.63) is 62.4 Å². The Labute approximate surface area is 142 Å². The van der Waals surface area contributed by atoms with E-state index < -0.39 is 29.2 Å². The maximum absolute atomic E-state index is 12.3. The second-order valence-corrected chi connectivity index (χ2v) is 5.58. The molecule has 2 aromatic rings. The maximum Gasteiger partial charge on any atom is 0.328 e. The molecule has 0 aliphatic heterocycles. The quantitative estimate of drug-likeness (QED) is 0.611. The molecule has 0 radical (unpaired) electrons. The molecule has 1 atom stereocenters. The monoisotopic (exact) mass is 345 g/mol. The van der Waals surface area contributed by atoms with Crippen LogP contribution in [0.4, 0.5) is 10.5 Å². The van der Waals surface area contributed by atoms with Crippen LogP contribution in [-0.2, 0) is 11.8 Å². The van der Waals surface area contributed by atoms with Crippen molar-refractivity contribution in [2.24, 2.45) is 12.8 Å². The van der Waals surface area contributed by atoms with E-state index in [0.29, 0.717) is 0 Å². The van der Waals surface area contributed by atoms with Gasteiger partial charge in [0.25, 0.3) is 5.56 Å². The van der Waals surface area contributed by atoms with E-state index in [1.165, 1.54) is 13.2 Å². The number of aryl methyl sites for hydroxylation is 2. The number of hydrogen-bond donors (Lipinski definition) is 4. The van der Waals surface area contributed by atoms with E-state index in [1.54, 1.807) is 12.1 Å². The van der Waals surface area contributed by atoms with E-state index in [4.69, 9.17) is 5.73 Å². The number of aromatic amines is 1. The van der Waals surface area contributed by atoms with Crippen LogP contribution in [0.15, 0.2) is 40.1 Å². The number of primary amides is 1. The summed E-state index contributed by atoms with van der Waals surface area (Å²) < 4.78 is 1.14. The molecule has 1 aromatic heterocycles. The molecule has 132 valence electrons. The fourth-order valence-corrected chi connectivity index (χ4v) is 2.43. The fourth-order valence-electron chi connectivity index (χ4n) is 2.43. The van der Waals surface area contributed by atoms with Crippen LogP contribution in [0, 0.1) is 6.92 Å². The molecule has 0 aliphatic rings. The molecular weight excluding hydrogens is 326 g/mol. The highest BCUT2D eigenvalue weighted by Crippen LogP contribution is 2.21. The third-order valence-electron chi connectivity index (χ3n) is 3.65. The highest BCUT2D eigenvalue weighted by Gasteiger charge is 2.19. The number of urea groups is 1. The van der Waals surface area contributed by atoms with Crippen LogP contribution >= 0.6 is 0 Å². The zero-order valence-corrected chi connectivity index (χ0v) is 13.8. The summed E-state index contributed by atoms with van der Waals surface area (Å²) >= 11 is 0. The normalized spacial score (nSPS) is 11.6. The average Bonchev–Trinajstić information content (AvgIpc) is 2.52. The Bertz CT molecular complexity index is 915. The van der Waals surface area contributed by atoms with Gasteiger partial charge in [-0.15, -0.1) is 0 Å². The van der Waals surface area contributed by atoms with Crippen LogP contribution in [0.25, 0.3) is 0 Å². The molecule has 25 heavy (non-hydrogen) atoms. The number of nitrogens with one attached hydrogen (secondary N) is 3. The van der Waals surface area contributed by atoms with Gasteiger partial charge in [-0.1, -0.05) is 24.3 Å². The third kappa shape index (κ3) is 4.56. The van der Waals surface area contributed by atoms with Gasteiger partial charge in [0, 0.05) is 13.2 Å². The Morgan fingerprint density at radius 2 is 1.96 bits per heavy atom. The number of hydrogen-bond acceptors (Lipinski definition) is 4. The molecule has 0 bridgehead atoms. The first-order chi connectivity index (χ1) is 11.8. The van der Waals surface area contributed by atoms with Crippen molar-refractivity contribution in [3.8, 4) is 0 Å². The number of benzene rings is 1. The summed E-state index contributed by atoms with van der Waals surface area (Å²) in [5.74, 6) is -0.508. The molecule has 0 aliphatic carbocycles. The molecule has 0 spiro atoms. The first-order valence-electron chi connectivity index (χ1n) is 7.49. The lowest BCUT2D eigenvalue weighted by Crippen LogP contribution is -2.36. The van der Waals surface area contributed by atoms with Crippen molar-refractivity contribution in [1.82, 2.24) is 14.9 Å². The largest absolute Gasteiger partial charge is 0.352 e. The van der Waals surface area contributed by atoms with Gasteiger partial charge in [-0.05, 0) is 18.1 Å². The topological polar surface area (TPSA) is 139 Å². The van der Waals surface area contributed by atoms with Crippen LogP contribution in [0.1, 0.15) is 23.6 Å². The third-order valence-corrected chi connectivity index (χ3v) is 3.65. The summed E-state index contributed by atoms with van der Waals surface area (Å²) in [4.78, 5) is 48.7. The van der Waals surface area contributed by atoms with Crippen molar-refractivity contribution in [2.45, 2.75) is 19.4 Å². The fraction of sp³-hybridized carbons (Fsp3) is 0.250. The zero-order chi connectivity index (χ0) is 18.6. The number of aromatic nitrogens is 2. The van der Waals surface area contributed by atoms with E-state index in [1.807, 2.05) is 19.1 Å². The van der Waals surface area contributed by atoms with Gasteiger partial charge in [0.05, 0.1) is 12.5 Å². The van der Waals surface area contributed by atoms with Gasteiger partial charge in [0.2, 0.25) is 5.91 Å². The van der Waals surface area contributed by atoms with Gasteiger partial charge < -0.3 is 20.9 Å². The molecule has 0 fully saturated rings. The number of nitrogens with zero attached hydrogens (tertiary/aromatic N) is 1. The van der Waals surface area contributed by atoms with Gasteiger partial charge in [-0.2, -0.15) is 0 Å². The number of anilines is 1. The van der Waals surface area contributed by atoms with Crippen LogP contribution in [0.5, 0.6) is 0 Å². The van der Waals surface area contributed by atoms with E-state index in [-0.39, 0.29) is 12.1 Å². The minimum Gasteiger partial charge on any atom is -0.352 e. The van der Waals surface area contributed by atoms with Gasteiger partial charge in [0.1, 0.15) is 5.69 Å². The Balaban J connectivity index is 2.22. The lowest BCUT2D eigenvalue weighted by atomic mass is 9.98. The van der Waals surface area contributed by atoms with Crippen molar-refractivity contribution in [1.29, 1.82) is 0 Å². The molecule has 9 nitrogen and oxygen atoms in total. The lowest BCUT2D eigenvalue weighted by Gasteiger charge is -2.19. The summed E-state index contributed by atoms with van der Waals surface area (Å²) in [6.45, 7) is 1.85. The molecular formula is C16H19N5O4. The number of H-pyrrole nitrogens is 1. The predicted octanol–water partition coefficient (Wildman–Crippen LogP) is 0.120. The minimum atomic E-state index is -0.763. The Morgan fingerprint density at radius 3 is 2.60 bits per heavy atom. The van der Waals surface area contributed by atoms with E-state index in [0.717, 1.165) is 15.7 Å². The average molecular weight is 345 g/mol. The molecule has 3 amide bonds. The summed E-state index contributed by atoms with van der Waals surface area (Å²) in [6.07, 6.45) is 1.10. The molecule has 5 N–H and O–H groups in total. The van der Waals surface area contributed by atoms with Crippen molar-refractivity contribution in [3.63, 3.8) is 0 Å². The number of carbonyl (C=O) groups excluding carboxylic acids is 2. The van der Waals surface area contributed by atoms with Gasteiger partial charge in [-0.25, -0.2) is 9.59 Å². The first kappa shape index (κ1) is 18.0. The summed E-state index contributed by atoms with van der Waals surface area (Å²) in [7, 11) is 1.44. The second-order valence-electron chi connectivity index (χ2n) is 5.58. The van der Waals surface area contributed by atoms with Crippen molar-refractivity contribution < 1.29 is 9.59 Å². The van der Waals surface area contributed by atoms with Crippen LogP contribution in [-0.4, -0.2) is 21.5 Å². The van der Waals surface area contributed by atoms with Gasteiger partial charge in [-0.3, -0.25) is 14.6 Å². The summed E-state index contributed by atoms with van der Waals surface area (Å²) in [5.41, 5.74) is 5.47. The van der Waals surface area contributed by atoms with E-state index in [2.05, 4.69) is 15.6 Å². The molecule has 1 heterocycles. The number of rotatable bonds is 5. The zero-order valence-electron chi connectivity index (χ0n) is 13.8. The number of carbonyl (C=O) groups is 2. The Hall–Kier alpha value is -3.36. The van der Waals surface area contributed by atoms with Crippen LogP contribution < -0.4 is 27.6 Å². The predicted molar refractivity (Wildman–Crippen MR) is 92.2 cm³/mol. The number of amides is 3. The highest BCUT2D eigenvalue weighted by atomic mass is 16.2. The standard InChI is InChI=1S/C16H19N5O4/c1-9-5-3-4-6-10(9)11(19-15(17)24)7-13(22)18-12-8-21(2)16(25)20-14(12)23/h3-6,8,11H,7H2,1-2H3,(H,18,22)(H3,17,19,24)(H,20,23,25). The summed E-state index contributed by atoms with van der Waals surface area (Å²) in [6, 6.07) is 5.84. The molecule has 9 heteroatoms. The molecule has 0 saturated carbocycles.